The van der Waals surface area contributed by atoms with Crippen molar-refractivity contribution in [2.75, 3.05) is 11.9 Å². The second-order valence-corrected chi connectivity index (χ2v) is 7.97. The van der Waals surface area contributed by atoms with Crippen molar-refractivity contribution in [3.63, 3.8) is 0 Å². The summed E-state index contributed by atoms with van der Waals surface area (Å²) in [6.45, 7) is 3.53. The zero-order valence-corrected chi connectivity index (χ0v) is 18.6. The van der Waals surface area contributed by atoms with Gasteiger partial charge in [0.05, 0.1) is 11.1 Å². The van der Waals surface area contributed by atoms with E-state index in [0.717, 1.165) is 28.8 Å². The van der Waals surface area contributed by atoms with Crippen LogP contribution >= 0.6 is 0 Å². The number of anilines is 1. The van der Waals surface area contributed by atoms with Gasteiger partial charge in [-0.1, -0.05) is 55.5 Å². The summed E-state index contributed by atoms with van der Waals surface area (Å²) in [4.78, 5) is 37.4. The molecule has 1 amide bonds. The lowest BCUT2D eigenvalue weighted by atomic mass is 9.93. The van der Waals surface area contributed by atoms with Crippen LogP contribution in [0.5, 0.6) is 0 Å². The van der Waals surface area contributed by atoms with Crippen molar-refractivity contribution in [1.82, 2.24) is 0 Å². The molecule has 1 aliphatic rings. The maximum absolute atomic E-state index is 12.6. The monoisotopic (exact) mass is 443 g/mol. The molecule has 0 aliphatic carbocycles. The van der Waals surface area contributed by atoms with Crippen molar-refractivity contribution in [3.8, 4) is 0 Å². The van der Waals surface area contributed by atoms with Crippen LogP contribution in [0.25, 0.3) is 0 Å². The minimum Gasteiger partial charge on any atom is -0.454 e. The van der Waals surface area contributed by atoms with E-state index in [0.29, 0.717) is 17.5 Å². The maximum Gasteiger partial charge on any atom is 0.339 e. The molecule has 1 atom stereocenters. The topological polar surface area (TPSA) is 81.7 Å². The van der Waals surface area contributed by atoms with Crippen LogP contribution in [0, 0.1) is 6.92 Å². The second-order valence-electron chi connectivity index (χ2n) is 7.97. The Bertz CT molecular complexity index is 1200. The van der Waals surface area contributed by atoms with Crippen LogP contribution in [0.2, 0.25) is 0 Å². The predicted molar refractivity (Wildman–Crippen MR) is 124 cm³/mol. The molecule has 0 spiro atoms. The Labute approximate surface area is 192 Å². The van der Waals surface area contributed by atoms with Gasteiger partial charge in [0, 0.05) is 12.1 Å². The number of ether oxygens (including phenoxy) is 2. The fraction of sp³-hybridized carbons (Fsp3) is 0.222. The molecule has 33 heavy (non-hydrogen) atoms. The number of esters is 2. The first-order valence-corrected chi connectivity index (χ1v) is 10.9. The molecule has 0 radical (unpaired) electrons. The van der Waals surface area contributed by atoms with Crippen LogP contribution < -0.4 is 5.32 Å². The van der Waals surface area contributed by atoms with Gasteiger partial charge in [0.2, 0.25) is 0 Å². The lowest BCUT2D eigenvalue weighted by Gasteiger charge is -2.25. The quantitative estimate of drug-likeness (QED) is 0.553. The molecule has 0 bridgehead atoms. The number of carbonyl (C=O) groups excluding carboxylic acids is 3. The van der Waals surface area contributed by atoms with Gasteiger partial charge in [-0.15, -0.1) is 0 Å². The van der Waals surface area contributed by atoms with E-state index in [1.54, 1.807) is 12.1 Å². The summed E-state index contributed by atoms with van der Waals surface area (Å²) in [6.07, 6.45) is 0.823. The zero-order valence-electron chi connectivity index (χ0n) is 18.6. The first kappa shape index (κ1) is 22.3. The summed E-state index contributed by atoms with van der Waals surface area (Å²) >= 11 is 0. The van der Waals surface area contributed by atoms with Crippen LogP contribution in [0.15, 0.2) is 66.7 Å². The molecule has 1 unspecified atom stereocenters. The highest BCUT2D eigenvalue weighted by atomic mass is 16.5. The number of fused-ring (bicyclic) bond motifs is 1. The van der Waals surface area contributed by atoms with Crippen molar-refractivity contribution in [3.05, 3.63) is 100 Å². The molecule has 3 aromatic rings. The average Bonchev–Trinajstić information content (AvgIpc) is 2.84. The number of hydrogen-bond acceptors (Lipinski definition) is 5. The van der Waals surface area contributed by atoms with Crippen LogP contribution in [0.3, 0.4) is 0 Å². The van der Waals surface area contributed by atoms with E-state index >= 15 is 0 Å². The summed E-state index contributed by atoms with van der Waals surface area (Å²) in [5, 5.41) is 2.84. The third kappa shape index (κ3) is 4.95. The Morgan fingerprint density at radius 2 is 1.85 bits per heavy atom. The minimum atomic E-state index is -0.622. The first-order chi connectivity index (χ1) is 16.0. The lowest BCUT2D eigenvalue weighted by molar-refractivity contribution is -0.119. The van der Waals surface area contributed by atoms with Gasteiger partial charge in [-0.25, -0.2) is 9.59 Å². The Balaban J connectivity index is 1.43. The Morgan fingerprint density at radius 3 is 2.61 bits per heavy atom. The van der Waals surface area contributed by atoms with E-state index in [1.165, 1.54) is 6.07 Å². The molecule has 0 saturated heterocycles. The summed E-state index contributed by atoms with van der Waals surface area (Å²) in [7, 11) is 0. The Kier molecular flexibility index (Phi) is 6.54. The highest BCUT2D eigenvalue weighted by molar-refractivity contribution is 5.98. The van der Waals surface area contributed by atoms with Crippen molar-refractivity contribution >= 4 is 23.5 Å². The van der Waals surface area contributed by atoms with Gasteiger partial charge < -0.3 is 14.8 Å². The van der Waals surface area contributed by atoms with Gasteiger partial charge in [-0.2, -0.15) is 0 Å². The molecule has 0 saturated carbocycles. The number of cyclic esters (lactones) is 1. The van der Waals surface area contributed by atoms with Crippen LogP contribution in [-0.2, 0) is 27.1 Å². The van der Waals surface area contributed by atoms with Crippen LogP contribution in [-0.4, -0.2) is 24.5 Å². The van der Waals surface area contributed by atoms with Crippen molar-refractivity contribution in [2.45, 2.75) is 32.8 Å². The van der Waals surface area contributed by atoms with Crippen molar-refractivity contribution < 1.29 is 23.9 Å². The smallest absolute Gasteiger partial charge is 0.339 e. The maximum atomic E-state index is 12.6. The zero-order chi connectivity index (χ0) is 23.4. The third-order valence-electron chi connectivity index (χ3n) is 5.73. The molecule has 6 nitrogen and oxygen atoms in total. The third-order valence-corrected chi connectivity index (χ3v) is 5.73. The van der Waals surface area contributed by atoms with Gasteiger partial charge in [0.15, 0.2) is 6.61 Å². The van der Waals surface area contributed by atoms with E-state index in [-0.39, 0.29) is 5.56 Å². The molecule has 6 heteroatoms. The lowest BCUT2D eigenvalue weighted by Crippen LogP contribution is -2.24. The van der Waals surface area contributed by atoms with Gasteiger partial charge in [-0.05, 0) is 53.8 Å². The van der Waals surface area contributed by atoms with Gasteiger partial charge in [0.25, 0.3) is 5.91 Å². The number of amides is 1. The standard InChI is InChI=1S/C27H25NO5/c1-3-18-11-7-8-17(2)25(18)28-24(29)16-32-26(30)20-12-13-22-21(14-20)15-23(33-27(22)31)19-9-5-4-6-10-19/h4-14,23H,3,15-16H2,1-2H3,(H,28,29). The molecule has 1 N–H and O–H groups in total. The van der Waals surface area contributed by atoms with Gasteiger partial charge >= 0.3 is 11.9 Å². The summed E-state index contributed by atoms with van der Waals surface area (Å²) < 4.78 is 10.8. The number of benzene rings is 3. The summed E-state index contributed by atoms with van der Waals surface area (Å²) in [6, 6.07) is 20.0. The van der Waals surface area contributed by atoms with E-state index in [1.807, 2.05) is 62.4 Å². The molecule has 3 aromatic carbocycles. The molecule has 0 fully saturated rings. The number of hydrogen-bond donors (Lipinski definition) is 1. The molecular formula is C27H25NO5. The number of para-hydroxylation sites is 1. The minimum absolute atomic E-state index is 0.285. The highest BCUT2D eigenvalue weighted by Gasteiger charge is 2.28. The molecule has 168 valence electrons. The van der Waals surface area contributed by atoms with Crippen molar-refractivity contribution in [2.24, 2.45) is 0 Å². The number of carbonyl (C=O) groups is 3. The number of rotatable bonds is 6. The Morgan fingerprint density at radius 1 is 1.06 bits per heavy atom. The SMILES string of the molecule is CCc1cccc(C)c1NC(=O)COC(=O)c1ccc2c(c1)CC(c1ccccc1)OC2=O. The summed E-state index contributed by atoms with van der Waals surface area (Å²) in [5.74, 6) is -1.45. The Hall–Kier alpha value is -3.93. The first-order valence-electron chi connectivity index (χ1n) is 10.9. The largest absolute Gasteiger partial charge is 0.454 e. The van der Waals surface area contributed by atoms with E-state index < -0.39 is 30.6 Å². The van der Waals surface area contributed by atoms with Gasteiger partial charge in [-0.3, -0.25) is 4.79 Å². The van der Waals surface area contributed by atoms with E-state index in [4.69, 9.17) is 9.47 Å². The molecule has 1 aliphatic heterocycles. The molecular weight excluding hydrogens is 418 g/mol. The van der Waals surface area contributed by atoms with Crippen LogP contribution in [0.4, 0.5) is 5.69 Å². The predicted octanol–water partition coefficient (Wildman–Crippen LogP) is 4.81. The second kappa shape index (κ2) is 9.69. The van der Waals surface area contributed by atoms with E-state index in [9.17, 15) is 14.4 Å². The number of nitrogens with one attached hydrogen (secondary N) is 1. The number of aryl methyl sites for hydroxylation is 2. The highest BCUT2D eigenvalue weighted by Crippen LogP contribution is 2.31. The fourth-order valence-corrected chi connectivity index (χ4v) is 3.97. The summed E-state index contributed by atoms with van der Waals surface area (Å²) in [5.41, 5.74) is 5.04. The van der Waals surface area contributed by atoms with Gasteiger partial charge in [0.1, 0.15) is 6.10 Å². The normalized spacial score (nSPS) is 14.7. The van der Waals surface area contributed by atoms with Crippen molar-refractivity contribution in [1.29, 1.82) is 0 Å². The molecule has 1 heterocycles. The fourth-order valence-electron chi connectivity index (χ4n) is 3.97. The van der Waals surface area contributed by atoms with Crippen LogP contribution in [0.1, 0.15) is 56.0 Å². The van der Waals surface area contributed by atoms with E-state index in [2.05, 4.69) is 5.32 Å². The average molecular weight is 443 g/mol. The molecule has 0 aromatic heterocycles. The molecule has 4 rings (SSSR count).